The lowest BCUT2D eigenvalue weighted by Crippen LogP contribution is -2.36. The van der Waals surface area contributed by atoms with Gasteiger partial charge in [-0.1, -0.05) is 12.1 Å². The first kappa shape index (κ1) is 14.8. The molecule has 0 saturated heterocycles. The minimum Gasteiger partial charge on any atom is -0.465 e. The maximum atomic E-state index is 12.1. The van der Waals surface area contributed by atoms with Gasteiger partial charge in [0.15, 0.2) is 5.65 Å². The van der Waals surface area contributed by atoms with Crippen LogP contribution in [0.2, 0.25) is 0 Å². The van der Waals surface area contributed by atoms with Crippen LogP contribution in [0.3, 0.4) is 0 Å². The zero-order valence-corrected chi connectivity index (χ0v) is 12.8. The fourth-order valence-electron chi connectivity index (χ4n) is 2.34. The summed E-state index contributed by atoms with van der Waals surface area (Å²) >= 11 is 0. The van der Waals surface area contributed by atoms with E-state index in [1.54, 1.807) is 31.3 Å². The van der Waals surface area contributed by atoms with E-state index < -0.39 is 17.2 Å². The Hall–Kier alpha value is -3.16. The highest BCUT2D eigenvalue weighted by molar-refractivity contribution is 5.90. The molecule has 0 unspecified atom stereocenters. The number of fused-ring (bicyclic) bond motifs is 1. The summed E-state index contributed by atoms with van der Waals surface area (Å²) in [5.74, 6) is 0.00661. The average Bonchev–Trinajstić information content (AvgIpc) is 3.03. The Morgan fingerprint density at radius 3 is 2.39 bits per heavy atom. The number of aromatic nitrogens is 4. The van der Waals surface area contributed by atoms with Crippen LogP contribution >= 0.6 is 0 Å². The SMILES string of the molecule is COC(=O)c1ccc(-c2nc3c([nH]2)c(=O)n(C)c(=O)n3C)cc1. The van der Waals surface area contributed by atoms with Gasteiger partial charge in [-0.05, 0) is 12.1 Å². The Morgan fingerprint density at radius 1 is 1.13 bits per heavy atom. The molecule has 8 nitrogen and oxygen atoms in total. The van der Waals surface area contributed by atoms with Gasteiger partial charge in [-0.15, -0.1) is 0 Å². The molecule has 0 aliphatic rings. The Morgan fingerprint density at radius 2 is 1.78 bits per heavy atom. The van der Waals surface area contributed by atoms with Crippen LogP contribution in [0.4, 0.5) is 0 Å². The van der Waals surface area contributed by atoms with Crippen molar-refractivity contribution in [2.45, 2.75) is 0 Å². The zero-order valence-electron chi connectivity index (χ0n) is 12.8. The summed E-state index contributed by atoms with van der Waals surface area (Å²) in [6.07, 6.45) is 0. The number of carbonyl (C=O) groups is 1. The van der Waals surface area contributed by atoms with E-state index in [0.29, 0.717) is 17.0 Å². The monoisotopic (exact) mass is 314 g/mol. The van der Waals surface area contributed by atoms with Gasteiger partial charge in [0.1, 0.15) is 11.3 Å². The smallest absolute Gasteiger partial charge is 0.337 e. The Kier molecular flexibility index (Phi) is 3.36. The summed E-state index contributed by atoms with van der Waals surface area (Å²) in [7, 11) is 4.27. The lowest BCUT2D eigenvalue weighted by Gasteiger charge is -2.00. The highest BCUT2D eigenvalue weighted by atomic mass is 16.5. The van der Waals surface area contributed by atoms with Crippen molar-refractivity contribution in [1.29, 1.82) is 0 Å². The molecule has 0 saturated carbocycles. The van der Waals surface area contributed by atoms with E-state index in [4.69, 9.17) is 0 Å². The quantitative estimate of drug-likeness (QED) is 0.691. The number of ether oxygens (including phenoxy) is 1. The second-order valence-electron chi connectivity index (χ2n) is 5.06. The molecule has 1 aromatic carbocycles. The summed E-state index contributed by atoms with van der Waals surface area (Å²) in [4.78, 5) is 42.8. The molecule has 0 amide bonds. The fraction of sp³-hybridized carbons (Fsp3) is 0.200. The summed E-state index contributed by atoms with van der Waals surface area (Å²) < 4.78 is 6.97. The molecular weight excluding hydrogens is 300 g/mol. The maximum Gasteiger partial charge on any atom is 0.337 e. The number of imidazole rings is 1. The van der Waals surface area contributed by atoms with E-state index in [1.165, 1.54) is 18.7 Å². The second-order valence-corrected chi connectivity index (χ2v) is 5.06. The highest BCUT2D eigenvalue weighted by Crippen LogP contribution is 2.19. The highest BCUT2D eigenvalue weighted by Gasteiger charge is 2.14. The third-order valence-corrected chi connectivity index (χ3v) is 3.67. The van der Waals surface area contributed by atoms with Crippen LogP contribution in [-0.4, -0.2) is 32.2 Å². The molecule has 3 rings (SSSR count). The van der Waals surface area contributed by atoms with Crippen molar-refractivity contribution in [2.24, 2.45) is 14.1 Å². The molecule has 0 spiro atoms. The molecule has 118 valence electrons. The van der Waals surface area contributed by atoms with Crippen LogP contribution in [0.15, 0.2) is 33.9 Å². The number of esters is 1. The number of rotatable bonds is 2. The normalized spacial score (nSPS) is 10.9. The first-order valence-electron chi connectivity index (χ1n) is 6.78. The first-order chi connectivity index (χ1) is 10.9. The predicted molar refractivity (Wildman–Crippen MR) is 83.4 cm³/mol. The minimum absolute atomic E-state index is 0.252. The second kappa shape index (κ2) is 5.24. The molecule has 0 atom stereocenters. The Balaban J connectivity index is 2.16. The van der Waals surface area contributed by atoms with Gasteiger partial charge < -0.3 is 9.72 Å². The lowest BCUT2D eigenvalue weighted by atomic mass is 10.1. The van der Waals surface area contributed by atoms with E-state index in [0.717, 1.165) is 4.57 Å². The van der Waals surface area contributed by atoms with E-state index in [9.17, 15) is 14.4 Å². The number of nitrogens with zero attached hydrogens (tertiary/aromatic N) is 3. The van der Waals surface area contributed by atoms with Gasteiger partial charge in [-0.2, -0.15) is 0 Å². The van der Waals surface area contributed by atoms with Crippen molar-refractivity contribution in [3.05, 3.63) is 50.7 Å². The van der Waals surface area contributed by atoms with Crippen LogP contribution in [-0.2, 0) is 18.8 Å². The molecule has 0 bridgehead atoms. The third-order valence-electron chi connectivity index (χ3n) is 3.67. The zero-order chi connectivity index (χ0) is 16.7. The minimum atomic E-state index is -0.443. The van der Waals surface area contributed by atoms with Gasteiger partial charge >= 0.3 is 11.7 Å². The fourth-order valence-corrected chi connectivity index (χ4v) is 2.34. The van der Waals surface area contributed by atoms with Crippen molar-refractivity contribution < 1.29 is 9.53 Å². The molecule has 2 heterocycles. The number of nitrogens with one attached hydrogen (secondary N) is 1. The number of benzene rings is 1. The van der Waals surface area contributed by atoms with Crippen LogP contribution in [0.1, 0.15) is 10.4 Å². The summed E-state index contributed by atoms with van der Waals surface area (Å²) in [5, 5.41) is 0. The van der Waals surface area contributed by atoms with E-state index >= 15 is 0 Å². The first-order valence-corrected chi connectivity index (χ1v) is 6.78. The van der Waals surface area contributed by atoms with Crippen molar-refractivity contribution >= 4 is 17.1 Å². The molecular formula is C15H14N4O4. The third kappa shape index (κ3) is 2.24. The van der Waals surface area contributed by atoms with Gasteiger partial charge in [0.05, 0.1) is 12.7 Å². The van der Waals surface area contributed by atoms with E-state index in [2.05, 4.69) is 14.7 Å². The van der Waals surface area contributed by atoms with Gasteiger partial charge in [0.25, 0.3) is 5.56 Å². The maximum absolute atomic E-state index is 12.1. The van der Waals surface area contributed by atoms with Crippen molar-refractivity contribution in [2.75, 3.05) is 7.11 Å². The van der Waals surface area contributed by atoms with Crippen LogP contribution < -0.4 is 11.2 Å². The largest absolute Gasteiger partial charge is 0.465 e. The molecule has 0 fully saturated rings. The van der Waals surface area contributed by atoms with E-state index in [1.807, 2.05) is 0 Å². The Bertz CT molecular complexity index is 1020. The molecule has 0 radical (unpaired) electrons. The van der Waals surface area contributed by atoms with Gasteiger partial charge in [-0.3, -0.25) is 13.9 Å². The summed E-state index contributed by atoms with van der Waals surface area (Å²) in [6.45, 7) is 0. The number of aromatic amines is 1. The molecule has 2 aromatic heterocycles. The molecule has 0 aliphatic heterocycles. The standard InChI is InChI=1S/C15H14N4O4/c1-18-12-10(13(20)19(2)15(18)22)16-11(17-12)8-4-6-9(7-5-8)14(21)23-3/h4-7H,1-3H3,(H,16,17). The van der Waals surface area contributed by atoms with Gasteiger partial charge in [0.2, 0.25) is 0 Å². The lowest BCUT2D eigenvalue weighted by molar-refractivity contribution is 0.0601. The summed E-state index contributed by atoms with van der Waals surface area (Å²) in [6, 6.07) is 6.58. The molecule has 23 heavy (non-hydrogen) atoms. The number of aryl methyl sites for hydroxylation is 1. The number of H-pyrrole nitrogens is 1. The van der Waals surface area contributed by atoms with Crippen molar-refractivity contribution in [1.82, 2.24) is 19.1 Å². The molecule has 0 aliphatic carbocycles. The van der Waals surface area contributed by atoms with Gasteiger partial charge in [0, 0.05) is 19.7 Å². The predicted octanol–water partition coefficient (Wildman–Crippen LogP) is 0.414. The topological polar surface area (TPSA) is 99.0 Å². The molecule has 8 heteroatoms. The van der Waals surface area contributed by atoms with E-state index in [-0.39, 0.29) is 11.2 Å². The van der Waals surface area contributed by atoms with Gasteiger partial charge in [-0.25, -0.2) is 14.6 Å². The molecule has 3 aromatic rings. The van der Waals surface area contributed by atoms with Crippen LogP contribution in [0, 0.1) is 0 Å². The number of hydrogen-bond acceptors (Lipinski definition) is 5. The summed E-state index contributed by atoms with van der Waals surface area (Å²) in [5.41, 5.74) is 0.750. The number of methoxy groups -OCH3 is 1. The van der Waals surface area contributed by atoms with Crippen LogP contribution in [0.25, 0.3) is 22.6 Å². The molecule has 1 N–H and O–H groups in total. The number of hydrogen-bond donors (Lipinski definition) is 1. The van der Waals surface area contributed by atoms with Crippen molar-refractivity contribution in [3.63, 3.8) is 0 Å². The number of carbonyl (C=O) groups excluding carboxylic acids is 1. The van der Waals surface area contributed by atoms with Crippen molar-refractivity contribution in [3.8, 4) is 11.4 Å². The Labute approximate surface area is 130 Å². The van der Waals surface area contributed by atoms with Crippen LogP contribution in [0.5, 0.6) is 0 Å². The average molecular weight is 314 g/mol.